The van der Waals surface area contributed by atoms with E-state index in [1.54, 1.807) is 43.8 Å². The van der Waals surface area contributed by atoms with Crippen molar-refractivity contribution < 1.29 is 24.1 Å². The first-order valence-electron chi connectivity index (χ1n) is 13.3. The van der Waals surface area contributed by atoms with Gasteiger partial charge in [0, 0.05) is 7.11 Å². The molecule has 0 radical (unpaired) electrons. The Bertz CT molecular complexity index is 1640. The lowest BCUT2D eigenvalue weighted by Crippen LogP contribution is -2.26. The molecule has 0 saturated carbocycles. The number of furan rings is 1. The first-order valence-corrected chi connectivity index (χ1v) is 13.3. The molecule has 0 atom stereocenters. The number of nitrogens with zero attached hydrogens (tertiary/aromatic N) is 7. The number of nitrogen functional groups attached to an aromatic ring is 1. The molecular formula is C29H36N8O5. The van der Waals surface area contributed by atoms with Crippen molar-refractivity contribution in [2.24, 2.45) is 0 Å². The normalized spacial score (nSPS) is 11.9. The fourth-order valence-corrected chi connectivity index (χ4v) is 3.78. The molecule has 5 aromatic heterocycles. The lowest BCUT2D eigenvalue weighted by Gasteiger charge is -2.23. The van der Waals surface area contributed by atoms with E-state index in [2.05, 4.69) is 30.2 Å². The Morgan fingerprint density at radius 1 is 0.929 bits per heavy atom. The van der Waals surface area contributed by atoms with Gasteiger partial charge < -0.3 is 29.8 Å². The number of fused-ring (bicyclic) bond motifs is 1. The number of methoxy groups -OCH3 is 1. The summed E-state index contributed by atoms with van der Waals surface area (Å²) in [5.74, 6) is 0.765. The fourth-order valence-electron chi connectivity index (χ4n) is 3.78. The van der Waals surface area contributed by atoms with E-state index in [0.717, 1.165) is 17.1 Å². The molecule has 0 amide bonds. The number of aromatic nitrogens is 7. The van der Waals surface area contributed by atoms with Crippen LogP contribution in [0.3, 0.4) is 0 Å². The van der Waals surface area contributed by atoms with Gasteiger partial charge in [-0.05, 0) is 71.0 Å². The minimum atomic E-state index is -0.939. The van der Waals surface area contributed by atoms with Gasteiger partial charge in [0.15, 0.2) is 22.7 Å². The number of nitrogens with two attached hydrogens (primary N) is 1. The van der Waals surface area contributed by atoms with Gasteiger partial charge in [-0.2, -0.15) is 4.98 Å². The number of ether oxygens (including phenoxy) is 2. The summed E-state index contributed by atoms with van der Waals surface area (Å²) >= 11 is 0. The summed E-state index contributed by atoms with van der Waals surface area (Å²) in [7, 11) is 1.60. The Morgan fingerprint density at radius 2 is 1.64 bits per heavy atom. The Balaban J connectivity index is 0.000000283. The highest BCUT2D eigenvalue weighted by Gasteiger charge is 2.20. The summed E-state index contributed by atoms with van der Waals surface area (Å²) < 4.78 is 18.3. The number of rotatable bonds is 9. The Hall–Kier alpha value is -4.30. The molecule has 5 rings (SSSR count). The molecule has 0 unspecified atom stereocenters. The van der Waals surface area contributed by atoms with Crippen molar-refractivity contribution in [2.45, 2.75) is 65.8 Å². The van der Waals surface area contributed by atoms with Crippen molar-refractivity contribution in [1.82, 2.24) is 34.9 Å². The van der Waals surface area contributed by atoms with E-state index in [0.29, 0.717) is 47.2 Å². The van der Waals surface area contributed by atoms with Crippen LogP contribution in [0.1, 0.15) is 56.2 Å². The average molecular weight is 577 g/mol. The van der Waals surface area contributed by atoms with Gasteiger partial charge >= 0.3 is 0 Å². The number of aliphatic hydroxyl groups is 2. The topological polar surface area (TPSA) is 180 Å². The Morgan fingerprint density at radius 3 is 2.31 bits per heavy atom. The van der Waals surface area contributed by atoms with Crippen LogP contribution < -0.4 is 5.73 Å². The molecule has 0 bridgehead atoms. The highest BCUT2D eigenvalue weighted by molar-refractivity contribution is 5.86. The third-order valence-electron chi connectivity index (χ3n) is 6.18. The summed E-state index contributed by atoms with van der Waals surface area (Å²) in [5, 5.41) is 26.8. The van der Waals surface area contributed by atoms with E-state index in [1.165, 1.54) is 0 Å². The number of anilines is 1. The van der Waals surface area contributed by atoms with Gasteiger partial charge in [0.1, 0.15) is 17.1 Å². The van der Waals surface area contributed by atoms with Gasteiger partial charge in [-0.25, -0.2) is 9.67 Å². The van der Waals surface area contributed by atoms with Gasteiger partial charge in [-0.3, -0.25) is 9.97 Å². The molecule has 42 heavy (non-hydrogen) atoms. The summed E-state index contributed by atoms with van der Waals surface area (Å²) in [6, 6.07) is 14.6. The van der Waals surface area contributed by atoms with Crippen molar-refractivity contribution in [2.75, 3.05) is 12.8 Å². The zero-order valence-electron chi connectivity index (χ0n) is 24.6. The maximum absolute atomic E-state index is 9.56. The lowest BCUT2D eigenvalue weighted by atomic mass is 10.0. The molecule has 0 aliphatic rings. The van der Waals surface area contributed by atoms with Crippen LogP contribution in [0.25, 0.3) is 22.6 Å². The van der Waals surface area contributed by atoms with Gasteiger partial charge in [-0.1, -0.05) is 17.3 Å². The minimum absolute atomic E-state index is 0.0933. The zero-order valence-corrected chi connectivity index (χ0v) is 24.6. The molecule has 0 fully saturated rings. The van der Waals surface area contributed by atoms with E-state index < -0.39 is 11.4 Å². The van der Waals surface area contributed by atoms with E-state index in [4.69, 9.17) is 24.7 Å². The van der Waals surface area contributed by atoms with Gasteiger partial charge in [0.25, 0.3) is 0 Å². The van der Waals surface area contributed by atoms with E-state index in [1.807, 2.05) is 51.1 Å². The van der Waals surface area contributed by atoms with Crippen LogP contribution in [0.4, 0.5) is 5.95 Å². The first kappa shape index (κ1) is 30.7. The molecule has 0 aliphatic heterocycles. The van der Waals surface area contributed by atoms with E-state index >= 15 is 0 Å². The molecule has 5 heterocycles. The maximum atomic E-state index is 9.56. The molecule has 13 heteroatoms. The van der Waals surface area contributed by atoms with Crippen LogP contribution in [0.5, 0.6) is 0 Å². The number of hydrogen-bond acceptors (Lipinski definition) is 12. The Labute approximate surface area is 243 Å². The quantitative estimate of drug-likeness (QED) is 0.218. The largest absolute Gasteiger partial charge is 0.460 e. The highest BCUT2D eigenvalue weighted by Crippen LogP contribution is 2.27. The fraction of sp³-hybridized carbons (Fsp3) is 0.379. The van der Waals surface area contributed by atoms with Crippen LogP contribution in [0, 0.1) is 6.92 Å². The van der Waals surface area contributed by atoms with Crippen LogP contribution >= 0.6 is 0 Å². The molecule has 13 nitrogen and oxygen atoms in total. The zero-order chi connectivity index (χ0) is 30.5. The SMILES string of the molecule is CC(C)(O)c1cccc(CO)n1.COC(C)(C)OCc1cccc(Cn2nnc3c(-c4ccc(C)o4)nc(N)nc32)n1. The lowest BCUT2D eigenvalue weighted by molar-refractivity contribution is -0.204. The smallest absolute Gasteiger partial charge is 0.222 e. The van der Waals surface area contributed by atoms with Crippen molar-refractivity contribution in [3.63, 3.8) is 0 Å². The van der Waals surface area contributed by atoms with Gasteiger partial charge in [0.05, 0.1) is 42.5 Å². The van der Waals surface area contributed by atoms with Crippen LogP contribution in [0.15, 0.2) is 52.9 Å². The molecule has 222 valence electrons. The maximum Gasteiger partial charge on any atom is 0.222 e. The average Bonchev–Trinajstić information content (AvgIpc) is 3.58. The number of aryl methyl sites for hydroxylation is 1. The molecule has 4 N–H and O–H groups in total. The molecule has 0 aliphatic carbocycles. The van der Waals surface area contributed by atoms with Gasteiger partial charge in [-0.15, -0.1) is 5.10 Å². The third-order valence-corrected chi connectivity index (χ3v) is 6.18. The van der Waals surface area contributed by atoms with Gasteiger partial charge in [0.2, 0.25) is 5.95 Å². The summed E-state index contributed by atoms with van der Waals surface area (Å²) in [4.78, 5) is 17.3. The number of hydrogen-bond donors (Lipinski definition) is 3. The van der Waals surface area contributed by atoms with Crippen LogP contribution in [-0.2, 0) is 34.8 Å². The van der Waals surface area contributed by atoms with Crippen LogP contribution in [-0.4, -0.2) is 58.0 Å². The van der Waals surface area contributed by atoms with Crippen molar-refractivity contribution in [3.8, 4) is 11.5 Å². The summed E-state index contributed by atoms with van der Waals surface area (Å²) in [6.07, 6.45) is 0. The highest BCUT2D eigenvalue weighted by atomic mass is 16.7. The molecule has 0 spiro atoms. The number of aliphatic hydroxyl groups excluding tert-OH is 1. The summed E-state index contributed by atoms with van der Waals surface area (Å²) in [6.45, 7) is 9.48. The van der Waals surface area contributed by atoms with Crippen molar-refractivity contribution in [1.29, 1.82) is 0 Å². The first-order chi connectivity index (χ1) is 19.9. The molecule has 5 aromatic rings. The minimum Gasteiger partial charge on any atom is -0.460 e. The molecule has 0 saturated heterocycles. The third kappa shape index (κ3) is 7.70. The monoisotopic (exact) mass is 576 g/mol. The predicted molar refractivity (Wildman–Crippen MR) is 155 cm³/mol. The summed E-state index contributed by atoms with van der Waals surface area (Å²) in [5.41, 5.74) is 9.24. The standard InChI is InChI=1S/C20H23N7O3.C9H13NO2/c1-12-8-9-15(30-12)16-17-18(24-19(21)23-16)27(26-25-17)10-13-6-5-7-14(22-13)11-29-20(2,3)28-4;1-9(2,12)8-5-3-4-7(6-11)10-8/h5-9H,10-11H2,1-4H3,(H2,21,23,24);3-5,11-12H,6H2,1-2H3. The number of pyridine rings is 2. The second kappa shape index (κ2) is 12.7. The van der Waals surface area contributed by atoms with Crippen molar-refractivity contribution >= 4 is 17.1 Å². The predicted octanol–water partition coefficient (Wildman–Crippen LogP) is 3.52. The van der Waals surface area contributed by atoms with Crippen molar-refractivity contribution in [3.05, 3.63) is 77.1 Å². The molecule has 0 aromatic carbocycles. The molecular weight excluding hydrogens is 540 g/mol. The second-order valence-electron chi connectivity index (χ2n) is 10.5. The second-order valence-corrected chi connectivity index (χ2v) is 10.5. The Kier molecular flexibility index (Phi) is 9.27. The van der Waals surface area contributed by atoms with Crippen LogP contribution in [0.2, 0.25) is 0 Å². The van der Waals surface area contributed by atoms with E-state index in [-0.39, 0.29) is 12.6 Å². The van der Waals surface area contributed by atoms with E-state index in [9.17, 15) is 5.11 Å².